The first-order chi connectivity index (χ1) is 12.8. The highest BCUT2D eigenvalue weighted by atomic mass is 35.5. The first-order valence-electron chi connectivity index (χ1n) is 8.85. The summed E-state index contributed by atoms with van der Waals surface area (Å²) in [6, 6.07) is 20.1. The molecule has 5 heteroatoms. The molecule has 0 amide bonds. The van der Waals surface area contributed by atoms with Gasteiger partial charge < -0.3 is 0 Å². The predicted octanol–water partition coefficient (Wildman–Crippen LogP) is 5.22. The van der Waals surface area contributed by atoms with Gasteiger partial charge in [-0.05, 0) is 18.8 Å². The van der Waals surface area contributed by atoms with Crippen LogP contribution in [0, 0.1) is 5.92 Å². The van der Waals surface area contributed by atoms with Gasteiger partial charge in [0.2, 0.25) is 0 Å². The summed E-state index contributed by atoms with van der Waals surface area (Å²) in [5, 5.41) is 15.3. The van der Waals surface area contributed by atoms with Crippen LogP contribution in [0.5, 0.6) is 0 Å². The number of halogens is 1. The number of fused-ring (bicyclic) bond motifs is 1. The van der Waals surface area contributed by atoms with Crippen LogP contribution in [0.25, 0.3) is 33.5 Å². The molecule has 1 fully saturated rings. The number of nitrogens with zero attached hydrogens (tertiary/aromatic N) is 4. The normalized spacial score (nSPS) is 14.0. The summed E-state index contributed by atoms with van der Waals surface area (Å²) in [7, 11) is 0. The van der Waals surface area contributed by atoms with Gasteiger partial charge in [0.15, 0.2) is 5.65 Å². The highest BCUT2D eigenvalue weighted by Gasteiger charge is 2.26. The molecule has 5 rings (SSSR count). The van der Waals surface area contributed by atoms with E-state index in [1.165, 1.54) is 12.8 Å². The molecule has 0 spiro atoms. The van der Waals surface area contributed by atoms with Crippen LogP contribution in [0.3, 0.4) is 0 Å². The lowest BCUT2D eigenvalue weighted by Gasteiger charge is -2.05. The van der Waals surface area contributed by atoms with E-state index in [-0.39, 0.29) is 0 Å². The number of rotatable bonds is 4. The average Bonchev–Trinajstić information content (AvgIpc) is 3.43. The zero-order chi connectivity index (χ0) is 17.5. The second-order valence-electron chi connectivity index (χ2n) is 6.77. The van der Waals surface area contributed by atoms with Crippen molar-refractivity contribution < 1.29 is 0 Å². The summed E-state index contributed by atoms with van der Waals surface area (Å²) in [5.41, 5.74) is 4.34. The summed E-state index contributed by atoms with van der Waals surface area (Å²) < 4.78 is 1.98. The fourth-order valence-corrected chi connectivity index (χ4v) is 3.59. The molecule has 128 valence electrons. The molecule has 1 saturated carbocycles. The molecular formula is C21H17ClN4. The summed E-state index contributed by atoms with van der Waals surface area (Å²) in [6.45, 7) is 0.874. The maximum absolute atomic E-state index is 6.84. The van der Waals surface area contributed by atoms with Crippen LogP contribution in [0.1, 0.15) is 12.8 Å². The Morgan fingerprint density at radius 3 is 2.08 bits per heavy atom. The number of hydrogen-bond acceptors (Lipinski definition) is 3. The Labute approximate surface area is 156 Å². The summed E-state index contributed by atoms with van der Waals surface area (Å²) in [6.07, 6.45) is 2.51. The Balaban J connectivity index is 1.76. The monoisotopic (exact) mass is 360 g/mol. The summed E-state index contributed by atoms with van der Waals surface area (Å²) in [4.78, 5) is 0. The standard InChI is InChI=1S/C21H17ClN4/c22-18-17-19(15-7-3-1-4-8-15)25-26(13-14-11-12-14)21(17)24-23-20(18)16-9-5-2-6-10-16/h1-10,14H,11-13H2. The molecule has 0 saturated heterocycles. The van der Waals surface area contributed by atoms with E-state index in [4.69, 9.17) is 16.7 Å². The van der Waals surface area contributed by atoms with Gasteiger partial charge in [-0.2, -0.15) is 5.10 Å². The maximum Gasteiger partial charge on any atom is 0.182 e. The maximum atomic E-state index is 6.84. The molecular weight excluding hydrogens is 344 g/mol. The fourth-order valence-electron chi connectivity index (χ4n) is 3.27. The molecule has 0 atom stereocenters. The topological polar surface area (TPSA) is 43.6 Å². The van der Waals surface area contributed by atoms with Crippen molar-refractivity contribution in [3.63, 3.8) is 0 Å². The minimum atomic E-state index is 0.613. The largest absolute Gasteiger partial charge is 0.245 e. The second kappa shape index (κ2) is 6.22. The average molecular weight is 361 g/mol. The summed E-state index contributed by atoms with van der Waals surface area (Å²) in [5.74, 6) is 0.691. The molecule has 0 aliphatic heterocycles. The molecule has 2 aromatic carbocycles. The minimum Gasteiger partial charge on any atom is -0.245 e. The molecule has 2 heterocycles. The lowest BCUT2D eigenvalue weighted by atomic mass is 10.1. The van der Waals surface area contributed by atoms with Crippen molar-refractivity contribution in [3.8, 4) is 22.5 Å². The molecule has 26 heavy (non-hydrogen) atoms. The third-order valence-electron chi connectivity index (χ3n) is 4.82. The van der Waals surface area contributed by atoms with Crippen molar-refractivity contribution in [1.82, 2.24) is 20.0 Å². The molecule has 1 aliphatic carbocycles. The van der Waals surface area contributed by atoms with Crippen molar-refractivity contribution in [3.05, 3.63) is 65.7 Å². The molecule has 1 aliphatic rings. The third-order valence-corrected chi connectivity index (χ3v) is 5.19. The van der Waals surface area contributed by atoms with Crippen molar-refractivity contribution in [2.75, 3.05) is 0 Å². The highest BCUT2D eigenvalue weighted by Crippen LogP contribution is 2.38. The Bertz CT molecular complexity index is 1070. The van der Waals surface area contributed by atoms with Crippen molar-refractivity contribution in [2.45, 2.75) is 19.4 Å². The Morgan fingerprint density at radius 2 is 1.46 bits per heavy atom. The van der Waals surface area contributed by atoms with E-state index in [0.717, 1.165) is 34.4 Å². The van der Waals surface area contributed by atoms with Crippen LogP contribution in [0.4, 0.5) is 0 Å². The molecule has 2 aromatic heterocycles. The lowest BCUT2D eigenvalue weighted by Crippen LogP contribution is -2.03. The van der Waals surface area contributed by atoms with E-state index in [1.807, 2.05) is 53.2 Å². The Morgan fingerprint density at radius 1 is 0.846 bits per heavy atom. The number of aromatic nitrogens is 4. The highest BCUT2D eigenvalue weighted by molar-refractivity contribution is 6.38. The fraction of sp³-hybridized carbons (Fsp3) is 0.190. The molecule has 0 N–H and O–H groups in total. The molecule has 4 nitrogen and oxygen atoms in total. The van der Waals surface area contributed by atoms with Crippen LogP contribution in [0.15, 0.2) is 60.7 Å². The van der Waals surface area contributed by atoms with Crippen LogP contribution >= 0.6 is 11.6 Å². The Hall–Kier alpha value is -2.72. The first kappa shape index (κ1) is 15.5. The van der Waals surface area contributed by atoms with Crippen molar-refractivity contribution >= 4 is 22.6 Å². The zero-order valence-electron chi connectivity index (χ0n) is 14.1. The van der Waals surface area contributed by atoms with E-state index >= 15 is 0 Å². The van der Waals surface area contributed by atoms with Gasteiger partial charge in [0.05, 0.1) is 10.4 Å². The zero-order valence-corrected chi connectivity index (χ0v) is 14.9. The van der Waals surface area contributed by atoms with Gasteiger partial charge in [-0.15, -0.1) is 10.2 Å². The van der Waals surface area contributed by atoms with Crippen LogP contribution < -0.4 is 0 Å². The third kappa shape index (κ3) is 2.67. The van der Waals surface area contributed by atoms with Crippen LogP contribution in [0.2, 0.25) is 5.02 Å². The van der Waals surface area contributed by atoms with Gasteiger partial charge in [0.1, 0.15) is 11.4 Å². The number of benzene rings is 2. The van der Waals surface area contributed by atoms with Crippen molar-refractivity contribution in [2.24, 2.45) is 5.92 Å². The van der Waals surface area contributed by atoms with Gasteiger partial charge >= 0.3 is 0 Å². The quantitative estimate of drug-likeness (QED) is 0.501. The van der Waals surface area contributed by atoms with Gasteiger partial charge in [-0.3, -0.25) is 0 Å². The Kier molecular flexibility index (Phi) is 3.71. The van der Waals surface area contributed by atoms with E-state index in [0.29, 0.717) is 16.6 Å². The predicted molar refractivity (Wildman–Crippen MR) is 104 cm³/mol. The lowest BCUT2D eigenvalue weighted by molar-refractivity contribution is 0.575. The van der Waals surface area contributed by atoms with Gasteiger partial charge in [-0.1, -0.05) is 72.3 Å². The number of hydrogen-bond donors (Lipinski definition) is 0. The molecule has 0 bridgehead atoms. The van der Waals surface area contributed by atoms with Gasteiger partial charge in [0, 0.05) is 17.7 Å². The van der Waals surface area contributed by atoms with Crippen LogP contribution in [-0.2, 0) is 6.54 Å². The van der Waals surface area contributed by atoms with E-state index < -0.39 is 0 Å². The van der Waals surface area contributed by atoms with E-state index in [1.54, 1.807) is 0 Å². The smallest absolute Gasteiger partial charge is 0.182 e. The van der Waals surface area contributed by atoms with Gasteiger partial charge in [0.25, 0.3) is 0 Å². The second-order valence-corrected chi connectivity index (χ2v) is 7.15. The molecule has 0 radical (unpaired) electrons. The summed E-state index contributed by atoms with van der Waals surface area (Å²) >= 11 is 6.84. The first-order valence-corrected chi connectivity index (χ1v) is 9.22. The van der Waals surface area contributed by atoms with Crippen molar-refractivity contribution in [1.29, 1.82) is 0 Å². The van der Waals surface area contributed by atoms with Gasteiger partial charge in [-0.25, -0.2) is 4.68 Å². The molecule has 0 unspecified atom stereocenters. The van der Waals surface area contributed by atoms with Crippen LogP contribution in [-0.4, -0.2) is 20.0 Å². The van der Waals surface area contributed by atoms with E-state index in [9.17, 15) is 0 Å². The van der Waals surface area contributed by atoms with E-state index in [2.05, 4.69) is 22.3 Å². The molecule has 4 aromatic rings. The minimum absolute atomic E-state index is 0.613. The SMILES string of the molecule is Clc1c(-c2ccccc2)nnc2c1c(-c1ccccc1)nn2CC1CC1.